The van der Waals surface area contributed by atoms with E-state index in [0.29, 0.717) is 27.0 Å². The molecular formula is C13H8Cl2O3S. The van der Waals surface area contributed by atoms with Gasteiger partial charge in [0.05, 0.1) is 14.9 Å². The monoisotopic (exact) mass is 314 g/mol. The lowest BCUT2D eigenvalue weighted by atomic mass is 10.1. The maximum Gasteiger partial charge on any atom is 0.518 e. The molecule has 0 radical (unpaired) electrons. The molecule has 2 rings (SSSR count). The van der Waals surface area contributed by atoms with Crippen molar-refractivity contribution in [2.45, 2.75) is 4.90 Å². The molecule has 0 atom stereocenters. The van der Waals surface area contributed by atoms with Gasteiger partial charge in [0.1, 0.15) is 12.0 Å². The summed E-state index contributed by atoms with van der Waals surface area (Å²) in [5.41, 5.74) is 1.83. The molecule has 2 aromatic rings. The van der Waals surface area contributed by atoms with Crippen LogP contribution in [0.4, 0.5) is 4.79 Å². The van der Waals surface area contributed by atoms with Crippen molar-refractivity contribution in [3.05, 3.63) is 52.5 Å². The minimum absolute atomic E-state index is 0.345. The fourth-order valence-electron chi connectivity index (χ4n) is 1.51. The second-order valence-corrected chi connectivity index (χ2v) is 5.12. The zero-order valence-electron chi connectivity index (χ0n) is 9.47. The van der Waals surface area contributed by atoms with E-state index in [-0.39, 0.29) is 0 Å². The van der Waals surface area contributed by atoms with Crippen LogP contribution in [0.5, 0.6) is 0 Å². The van der Waals surface area contributed by atoms with Crippen LogP contribution >= 0.6 is 35.2 Å². The topological polar surface area (TPSA) is 46.5 Å². The van der Waals surface area contributed by atoms with Gasteiger partial charge in [0.2, 0.25) is 0 Å². The molecule has 1 N–H and O–H groups in total. The predicted octanol–water partition coefficient (Wildman–Crippen LogP) is 5.36. The first kappa shape index (κ1) is 14.1. The van der Waals surface area contributed by atoms with Crippen molar-refractivity contribution in [3.8, 4) is 11.1 Å². The molecule has 0 aliphatic carbocycles. The summed E-state index contributed by atoms with van der Waals surface area (Å²) in [6.45, 7) is 0. The smallest absolute Gasteiger partial charge is 0.449 e. The molecule has 0 heterocycles. The van der Waals surface area contributed by atoms with Crippen molar-refractivity contribution in [1.29, 1.82) is 0 Å². The van der Waals surface area contributed by atoms with E-state index in [1.807, 2.05) is 30.3 Å². The summed E-state index contributed by atoms with van der Waals surface area (Å²) >= 11 is 12.8. The second kappa shape index (κ2) is 6.19. The largest absolute Gasteiger partial charge is 0.518 e. The van der Waals surface area contributed by atoms with Gasteiger partial charge in [0, 0.05) is 0 Å². The Kier molecular flexibility index (Phi) is 4.58. The Morgan fingerprint density at radius 2 is 1.63 bits per heavy atom. The first-order valence-electron chi connectivity index (χ1n) is 5.20. The maximum atomic E-state index is 10.4. The van der Waals surface area contributed by atoms with Crippen LogP contribution in [0.2, 0.25) is 10.0 Å². The Morgan fingerprint density at radius 3 is 2.16 bits per heavy atom. The molecule has 0 amide bonds. The maximum absolute atomic E-state index is 10.4. The van der Waals surface area contributed by atoms with Crippen LogP contribution in [0.15, 0.2) is 47.4 Å². The molecular weight excluding hydrogens is 307 g/mol. The molecule has 0 aromatic heterocycles. The van der Waals surface area contributed by atoms with Crippen LogP contribution in [0.3, 0.4) is 0 Å². The fraction of sp³-hybridized carbons (Fsp3) is 0. The standard InChI is InChI=1S/C13H8Cl2O3S/c14-10-6-9(8-4-2-1-3-5-8)7-11(15)12(10)19-18-13(16)17/h1-7H,(H,16,17). The van der Waals surface area contributed by atoms with E-state index in [4.69, 9.17) is 28.3 Å². The van der Waals surface area contributed by atoms with Crippen molar-refractivity contribution < 1.29 is 14.1 Å². The van der Waals surface area contributed by atoms with E-state index in [2.05, 4.69) is 4.18 Å². The molecule has 0 aliphatic rings. The van der Waals surface area contributed by atoms with Gasteiger partial charge in [-0.05, 0) is 23.3 Å². The van der Waals surface area contributed by atoms with Crippen LogP contribution in [0.1, 0.15) is 0 Å². The van der Waals surface area contributed by atoms with Crippen LogP contribution in [-0.2, 0) is 4.18 Å². The number of carbonyl (C=O) groups is 1. The number of hydrogen-bond acceptors (Lipinski definition) is 3. The lowest BCUT2D eigenvalue weighted by Gasteiger charge is -2.08. The fourth-order valence-corrected chi connectivity index (χ4v) is 2.62. The van der Waals surface area contributed by atoms with Gasteiger partial charge in [-0.15, -0.1) is 0 Å². The molecule has 0 unspecified atom stereocenters. The number of halogens is 2. The highest BCUT2D eigenvalue weighted by atomic mass is 35.5. The summed E-state index contributed by atoms with van der Waals surface area (Å²) in [5.74, 6) is 0. The Balaban J connectivity index is 2.34. The summed E-state index contributed by atoms with van der Waals surface area (Å²) in [7, 11) is 0. The number of carboxylic acid groups (broad SMARTS) is 1. The summed E-state index contributed by atoms with van der Waals surface area (Å²) in [5, 5.41) is 9.15. The first-order valence-corrected chi connectivity index (χ1v) is 6.69. The van der Waals surface area contributed by atoms with Gasteiger partial charge in [-0.3, -0.25) is 0 Å². The summed E-state index contributed by atoms with van der Waals surface area (Å²) in [6.07, 6.45) is -1.40. The van der Waals surface area contributed by atoms with Crippen molar-refractivity contribution >= 4 is 41.4 Å². The third-order valence-corrected chi connectivity index (χ3v) is 3.95. The van der Waals surface area contributed by atoms with E-state index in [0.717, 1.165) is 11.1 Å². The van der Waals surface area contributed by atoms with E-state index in [1.54, 1.807) is 12.1 Å². The average molecular weight is 315 g/mol. The van der Waals surface area contributed by atoms with Gasteiger partial charge in [-0.2, -0.15) is 0 Å². The zero-order valence-corrected chi connectivity index (χ0v) is 11.8. The minimum atomic E-state index is -1.40. The Labute approximate surface area is 124 Å². The lowest BCUT2D eigenvalue weighted by Crippen LogP contribution is -1.92. The molecule has 0 bridgehead atoms. The Hall–Kier alpha value is -1.36. The third kappa shape index (κ3) is 3.56. The van der Waals surface area contributed by atoms with Crippen LogP contribution in [-0.4, -0.2) is 11.3 Å². The summed E-state index contributed by atoms with van der Waals surface area (Å²) in [6, 6.07) is 13.0. The molecule has 19 heavy (non-hydrogen) atoms. The molecule has 0 saturated carbocycles. The van der Waals surface area contributed by atoms with Gasteiger partial charge in [0.25, 0.3) is 0 Å². The van der Waals surface area contributed by atoms with E-state index in [1.165, 1.54) is 0 Å². The van der Waals surface area contributed by atoms with Crippen molar-refractivity contribution in [1.82, 2.24) is 0 Å². The van der Waals surface area contributed by atoms with Crippen molar-refractivity contribution in [2.75, 3.05) is 0 Å². The number of rotatable bonds is 3. The quantitative estimate of drug-likeness (QED) is 0.774. The van der Waals surface area contributed by atoms with E-state index in [9.17, 15) is 4.79 Å². The molecule has 0 aliphatic heterocycles. The van der Waals surface area contributed by atoms with Gasteiger partial charge in [0.15, 0.2) is 0 Å². The van der Waals surface area contributed by atoms with Gasteiger partial charge in [-0.25, -0.2) is 4.79 Å². The second-order valence-electron chi connectivity index (χ2n) is 3.57. The van der Waals surface area contributed by atoms with E-state index >= 15 is 0 Å². The Bertz CT molecular complexity index is 579. The van der Waals surface area contributed by atoms with Crippen molar-refractivity contribution in [2.24, 2.45) is 0 Å². The SMILES string of the molecule is O=C(O)OSc1c(Cl)cc(-c2ccccc2)cc1Cl. The summed E-state index contributed by atoms with van der Waals surface area (Å²) in [4.78, 5) is 10.7. The average Bonchev–Trinajstić information content (AvgIpc) is 2.38. The lowest BCUT2D eigenvalue weighted by molar-refractivity contribution is 0.153. The third-order valence-electron chi connectivity index (χ3n) is 2.30. The van der Waals surface area contributed by atoms with Crippen LogP contribution in [0.25, 0.3) is 11.1 Å². The normalized spacial score (nSPS) is 10.2. The predicted molar refractivity (Wildman–Crippen MR) is 76.9 cm³/mol. The molecule has 0 saturated heterocycles. The van der Waals surface area contributed by atoms with Gasteiger partial charge >= 0.3 is 6.16 Å². The van der Waals surface area contributed by atoms with Gasteiger partial charge < -0.3 is 9.29 Å². The molecule has 2 aromatic carbocycles. The molecule has 0 spiro atoms. The van der Waals surface area contributed by atoms with Gasteiger partial charge in [-0.1, -0.05) is 53.5 Å². The molecule has 6 heteroatoms. The molecule has 3 nitrogen and oxygen atoms in total. The highest BCUT2D eigenvalue weighted by Gasteiger charge is 2.13. The molecule has 0 fully saturated rings. The minimum Gasteiger partial charge on any atom is -0.449 e. The molecule has 98 valence electrons. The van der Waals surface area contributed by atoms with Crippen molar-refractivity contribution in [3.63, 3.8) is 0 Å². The zero-order chi connectivity index (χ0) is 13.8. The number of hydrogen-bond donors (Lipinski definition) is 1. The van der Waals surface area contributed by atoms with Crippen LogP contribution < -0.4 is 0 Å². The summed E-state index contributed by atoms with van der Waals surface area (Å²) < 4.78 is 4.40. The van der Waals surface area contributed by atoms with E-state index < -0.39 is 6.16 Å². The highest BCUT2D eigenvalue weighted by Crippen LogP contribution is 2.38. The van der Waals surface area contributed by atoms with Crippen LogP contribution in [0, 0.1) is 0 Å². The highest BCUT2D eigenvalue weighted by molar-refractivity contribution is 7.95. The first-order chi connectivity index (χ1) is 9.08. The Morgan fingerprint density at radius 1 is 1.05 bits per heavy atom. The number of benzene rings is 2.